The number of hydrogen-bond donors (Lipinski definition) is 2. The van der Waals surface area contributed by atoms with E-state index in [-0.39, 0.29) is 17.4 Å². The van der Waals surface area contributed by atoms with Crippen LogP contribution < -0.4 is 20.1 Å². The molecule has 0 fully saturated rings. The fourth-order valence-electron chi connectivity index (χ4n) is 1.89. The molecule has 0 aromatic heterocycles. The SMILES string of the molecule is CC(C)NCCCC(=O)Nc1ccc2c(c1)OC(F)(F)O2. The predicted molar refractivity (Wildman–Crippen MR) is 73.6 cm³/mol. The zero-order chi connectivity index (χ0) is 15.5. The number of alkyl halides is 2. The maximum absolute atomic E-state index is 12.9. The summed E-state index contributed by atoms with van der Waals surface area (Å²) >= 11 is 0. The van der Waals surface area contributed by atoms with Crippen molar-refractivity contribution in [3.63, 3.8) is 0 Å². The second-order valence-corrected chi connectivity index (χ2v) is 5.09. The van der Waals surface area contributed by atoms with Crippen molar-refractivity contribution in [2.24, 2.45) is 0 Å². The molecule has 1 aromatic carbocycles. The summed E-state index contributed by atoms with van der Waals surface area (Å²) in [6, 6.07) is 4.53. The third-order valence-electron chi connectivity index (χ3n) is 2.82. The zero-order valence-corrected chi connectivity index (χ0v) is 11.9. The number of carbonyl (C=O) groups excluding carboxylic acids is 1. The van der Waals surface area contributed by atoms with E-state index in [1.54, 1.807) is 0 Å². The van der Waals surface area contributed by atoms with Crippen LogP contribution in [0.3, 0.4) is 0 Å². The van der Waals surface area contributed by atoms with Crippen LogP contribution in [0.5, 0.6) is 11.5 Å². The summed E-state index contributed by atoms with van der Waals surface area (Å²) in [7, 11) is 0. The molecule has 0 atom stereocenters. The van der Waals surface area contributed by atoms with Crippen molar-refractivity contribution in [2.75, 3.05) is 11.9 Å². The maximum Gasteiger partial charge on any atom is 0.586 e. The van der Waals surface area contributed by atoms with E-state index in [0.29, 0.717) is 24.6 Å². The van der Waals surface area contributed by atoms with Crippen molar-refractivity contribution in [3.05, 3.63) is 18.2 Å². The molecule has 1 aliphatic rings. The lowest BCUT2D eigenvalue weighted by Crippen LogP contribution is -2.25. The van der Waals surface area contributed by atoms with Crippen LogP contribution in [-0.4, -0.2) is 24.8 Å². The Bertz CT molecular complexity index is 521. The quantitative estimate of drug-likeness (QED) is 0.793. The minimum atomic E-state index is -3.65. The van der Waals surface area contributed by atoms with E-state index in [0.717, 1.165) is 6.54 Å². The number of amides is 1. The standard InChI is InChI=1S/C14H18F2N2O3/c1-9(2)17-7-3-4-13(19)18-10-5-6-11-12(8-10)21-14(15,16)20-11/h5-6,8-9,17H,3-4,7H2,1-2H3,(H,18,19). The van der Waals surface area contributed by atoms with Gasteiger partial charge in [0.2, 0.25) is 5.91 Å². The molecule has 2 N–H and O–H groups in total. The second-order valence-electron chi connectivity index (χ2n) is 5.09. The van der Waals surface area contributed by atoms with Gasteiger partial charge in [-0.15, -0.1) is 8.78 Å². The third kappa shape index (κ3) is 4.56. The van der Waals surface area contributed by atoms with Crippen LogP contribution >= 0.6 is 0 Å². The molecule has 1 heterocycles. The average molecular weight is 300 g/mol. The van der Waals surface area contributed by atoms with Gasteiger partial charge in [-0.1, -0.05) is 13.8 Å². The summed E-state index contributed by atoms with van der Waals surface area (Å²) < 4.78 is 34.3. The number of benzene rings is 1. The Morgan fingerprint density at radius 3 is 2.71 bits per heavy atom. The molecule has 0 bridgehead atoms. The van der Waals surface area contributed by atoms with Gasteiger partial charge < -0.3 is 20.1 Å². The molecule has 0 radical (unpaired) electrons. The van der Waals surface area contributed by atoms with Crippen LogP contribution in [0.2, 0.25) is 0 Å². The minimum Gasteiger partial charge on any atom is -0.395 e. The summed E-state index contributed by atoms with van der Waals surface area (Å²) in [6.07, 6.45) is -2.59. The molecule has 1 amide bonds. The Balaban J connectivity index is 1.83. The van der Waals surface area contributed by atoms with E-state index in [1.807, 2.05) is 13.8 Å². The van der Waals surface area contributed by atoms with Crippen molar-refractivity contribution in [1.29, 1.82) is 0 Å². The zero-order valence-electron chi connectivity index (χ0n) is 11.9. The number of rotatable bonds is 6. The fourth-order valence-corrected chi connectivity index (χ4v) is 1.89. The van der Waals surface area contributed by atoms with Gasteiger partial charge in [0.1, 0.15) is 0 Å². The molecule has 0 saturated heterocycles. The Morgan fingerprint density at radius 2 is 2.00 bits per heavy atom. The fraction of sp³-hybridized carbons (Fsp3) is 0.500. The molecule has 0 spiro atoms. The summed E-state index contributed by atoms with van der Waals surface area (Å²) in [6.45, 7) is 4.81. The summed E-state index contributed by atoms with van der Waals surface area (Å²) in [4.78, 5) is 11.7. The molecule has 7 heteroatoms. The normalized spacial score (nSPS) is 15.3. The lowest BCUT2D eigenvalue weighted by atomic mass is 10.2. The van der Waals surface area contributed by atoms with Gasteiger partial charge in [0.15, 0.2) is 11.5 Å². The predicted octanol–water partition coefficient (Wildman–Crippen LogP) is 2.72. The number of hydrogen-bond acceptors (Lipinski definition) is 4. The first-order valence-corrected chi connectivity index (χ1v) is 6.79. The van der Waals surface area contributed by atoms with E-state index in [1.165, 1.54) is 18.2 Å². The summed E-state index contributed by atoms with van der Waals surface area (Å²) in [5, 5.41) is 5.85. The van der Waals surface area contributed by atoms with Gasteiger partial charge in [-0.25, -0.2) is 0 Å². The van der Waals surface area contributed by atoms with Gasteiger partial charge in [0.05, 0.1) is 0 Å². The number of carbonyl (C=O) groups is 1. The highest BCUT2D eigenvalue weighted by molar-refractivity contribution is 5.91. The second kappa shape index (κ2) is 6.26. The lowest BCUT2D eigenvalue weighted by Gasteiger charge is -2.08. The third-order valence-corrected chi connectivity index (χ3v) is 2.82. The molecule has 0 unspecified atom stereocenters. The van der Waals surface area contributed by atoms with Crippen molar-refractivity contribution >= 4 is 11.6 Å². The highest BCUT2D eigenvalue weighted by atomic mass is 19.3. The van der Waals surface area contributed by atoms with Crippen molar-refractivity contribution in [3.8, 4) is 11.5 Å². The lowest BCUT2D eigenvalue weighted by molar-refractivity contribution is -0.286. The number of nitrogens with one attached hydrogen (secondary N) is 2. The molecule has 0 aliphatic carbocycles. The Hall–Kier alpha value is -1.89. The highest BCUT2D eigenvalue weighted by Crippen LogP contribution is 2.42. The first-order valence-electron chi connectivity index (χ1n) is 6.79. The molecule has 116 valence electrons. The van der Waals surface area contributed by atoms with E-state index in [4.69, 9.17) is 0 Å². The van der Waals surface area contributed by atoms with Gasteiger partial charge >= 0.3 is 6.29 Å². The Morgan fingerprint density at radius 1 is 1.29 bits per heavy atom. The number of halogens is 2. The minimum absolute atomic E-state index is 0.0425. The Kier molecular flexibility index (Phi) is 4.62. The van der Waals surface area contributed by atoms with Crippen LogP contribution in [0.1, 0.15) is 26.7 Å². The number of fused-ring (bicyclic) bond motifs is 1. The van der Waals surface area contributed by atoms with E-state index >= 15 is 0 Å². The van der Waals surface area contributed by atoms with E-state index in [9.17, 15) is 13.6 Å². The number of anilines is 1. The molecule has 1 aliphatic heterocycles. The first-order chi connectivity index (χ1) is 9.85. The molecule has 1 aromatic rings. The molecular weight excluding hydrogens is 282 g/mol. The van der Waals surface area contributed by atoms with Gasteiger partial charge in [-0.2, -0.15) is 0 Å². The highest BCUT2D eigenvalue weighted by Gasteiger charge is 2.43. The topological polar surface area (TPSA) is 59.6 Å². The average Bonchev–Trinajstić information content (AvgIpc) is 2.67. The van der Waals surface area contributed by atoms with Gasteiger partial charge in [-0.3, -0.25) is 4.79 Å². The van der Waals surface area contributed by atoms with Crippen LogP contribution in [0.4, 0.5) is 14.5 Å². The smallest absolute Gasteiger partial charge is 0.395 e. The van der Waals surface area contributed by atoms with Gasteiger partial charge in [-0.05, 0) is 25.1 Å². The van der Waals surface area contributed by atoms with Gasteiger partial charge in [0.25, 0.3) is 0 Å². The molecule has 5 nitrogen and oxygen atoms in total. The Labute approximate surface area is 121 Å². The van der Waals surface area contributed by atoms with E-state index < -0.39 is 6.29 Å². The van der Waals surface area contributed by atoms with Crippen molar-refractivity contribution in [2.45, 2.75) is 39.0 Å². The summed E-state index contributed by atoms with van der Waals surface area (Å²) in [5.74, 6) is -0.301. The van der Waals surface area contributed by atoms with Crippen LogP contribution in [0, 0.1) is 0 Å². The first kappa shape index (κ1) is 15.5. The van der Waals surface area contributed by atoms with Crippen molar-refractivity contribution < 1.29 is 23.0 Å². The van der Waals surface area contributed by atoms with Crippen molar-refractivity contribution in [1.82, 2.24) is 5.32 Å². The van der Waals surface area contributed by atoms with Crippen LogP contribution in [0.15, 0.2) is 18.2 Å². The maximum atomic E-state index is 12.9. The molecule has 21 heavy (non-hydrogen) atoms. The molecular formula is C14H18F2N2O3. The molecule has 2 rings (SSSR count). The monoisotopic (exact) mass is 300 g/mol. The van der Waals surface area contributed by atoms with E-state index in [2.05, 4.69) is 20.1 Å². The van der Waals surface area contributed by atoms with Crippen LogP contribution in [-0.2, 0) is 4.79 Å². The molecule has 0 saturated carbocycles. The largest absolute Gasteiger partial charge is 0.586 e. The number of ether oxygens (including phenoxy) is 2. The van der Waals surface area contributed by atoms with Crippen LogP contribution in [0.25, 0.3) is 0 Å². The summed E-state index contributed by atoms with van der Waals surface area (Å²) in [5.41, 5.74) is 0.400. The van der Waals surface area contributed by atoms with Gasteiger partial charge in [0, 0.05) is 24.2 Å².